The van der Waals surface area contributed by atoms with Crippen molar-refractivity contribution < 1.29 is 4.74 Å². The van der Waals surface area contributed by atoms with Gasteiger partial charge in [0.2, 0.25) is 5.95 Å². The van der Waals surface area contributed by atoms with Crippen LogP contribution in [0.15, 0.2) is 60.8 Å². The Morgan fingerprint density at radius 1 is 1.07 bits per heavy atom. The van der Waals surface area contributed by atoms with Crippen LogP contribution in [0, 0.1) is 0 Å². The van der Waals surface area contributed by atoms with E-state index in [1.165, 1.54) is 22.3 Å². The molecule has 1 aliphatic carbocycles. The van der Waals surface area contributed by atoms with Crippen molar-refractivity contribution >= 4 is 5.95 Å². The van der Waals surface area contributed by atoms with Gasteiger partial charge >= 0.3 is 0 Å². The maximum Gasteiger partial charge on any atom is 0.223 e. The van der Waals surface area contributed by atoms with Crippen molar-refractivity contribution in [3.63, 3.8) is 0 Å². The number of hydrogen-bond acceptors (Lipinski definition) is 4. The van der Waals surface area contributed by atoms with Crippen molar-refractivity contribution in [2.45, 2.75) is 38.7 Å². The zero-order chi connectivity index (χ0) is 19.3. The van der Waals surface area contributed by atoms with Crippen LogP contribution in [0.25, 0.3) is 11.3 Å². The second-order valence-corrected chi connectivity index (χ2v) is 7.52. The zero-order valence-electron chi connectivity index (χ0n) is 16.6. The Kier molecular flexibility index (Phi) is 5.68. The quantitative estimate of drug-likeness (QED) is 0.588. The van der Waals surface area contributed by atoms with E-state index in [0.717, 1.165) is 31.7 Å². The fourth-order valence-corrected chi connectivity index (χ4v) is 3.80. The van der Waals surface area contributed by atoms with Crippen LogP contribution in [-0.4, -0.2) is 29.2 Å². The highest BCUT2D eigenvalue weighted by molar-refractivity contribution is 5.72. The lowest BCUT2D eigenvalue weighted by molar-refractivity contribution is 0.0787. The molecule has 3 aromatic rings. The zero-order valence-corrected chi connectivity index (χ0v) is 16.6. The van der Waals surface area contributed by atoms with Gasteiger partial charge in [-0.2, -0.15) is 0 Å². The summed E-state index contributed by atoms with van der Waals surface area (Å²) in [7, 11) is 0. The summed E-state index contributed by atoms with van der Waals surface area (Å²) in [6.45, 7) is 5.66. The molecule has 144 valence electrons. The average Bonchev–Trinajstić information content (AvgIpc) is 2.73. The van der Waals surface area contributed by atoms with Crippen LogP contribution >= 0.6 is 0 Å². The molecule has 0 radical (unpaired) electrons. The Bertz CT molecular complexity index is 924. The molecule has 4 nitrogen and oxygen atoms in total. The Morgan fingerprint density at radius 3 is 2.68 bits per heavy atom. The molecule has 1 aromatic heterocycles. The standard InChI is InChI=1S/C24H27N3O/c1-17(2)28-14-8-13-25-24-26-16-19-15-22(18-9-4-3-5-10-18)20-11-6-7-12-21(20)23(19)27-24/h3-7,9-12,16-17,22H,8,13-15H2,1-2H3,(H,25,26,27). The first-order valence-corrected chi connectivity index (χ1v) is 10.1. The summed E-state index contributed by atoms with van der Waals surface area (Å²) in [5.74, 6) is 1.04. The first-order chi connectivity index (χ1) is 13.7. The second-order valence-electron chi connectivity index (χ2n) is 7.52. The molecule has 0 saturated heterocycles. The maximum atomic E-state index is 5.59. The predicted molar refractivity (Wildman–Crippen MR) is 114 cm³/mol. The van der Waals surface area contributed by atoms with Gasteiger partial charge in [0.1, 0.15) is 0 Å². The Labute approximate surface area is 167 Å². The van der Waals surface area contributed by atoms with E-state index in [-0.39, 0.29) is 6.10 Å². The number of aromatic nitrogens is 2. The van der Waals surface area contributed by atoms with Crippen molar-refractivity contribution in [2.24, 2.45) is 0 Å². The maximum absolute atomic E-state index is 5.59. The van der Waals surface area contributed by atoms with Gasteiger partial charge < -0.3 is 10.1 Å². The molecule has 1 atom stereocenters. The largest absolute Gasteiger partial charge is 0.379 e. The Hall–Kier alpha value is -2.72. The van der Waals surface area contributed by atoms with Gasteiger partial charge in [0.15, 0.2) is 0 Å². The van der Waals surface area contributed by atoms with Crippen molar-refractivity contribution in [1.29, 1.82) is 0 Å². The summed E-state index contributed by atoms with van der Waals surface area (Å²) in [4.78, 5) is 9.42. The van der Waals surface area contributed by atoms with Crippen LogP contribution in [0.5, 0.6) is 0 Å². The minimum atomic E-state index is 0.272. The van der Waals surface area contributed by atoms with E-state index in [9.17, 15) is 0 Å². The van der Waals surface area contributed by atoms with E-state index in [2.05, 4.69) is 78.7 Å². The lowest BCUT2D eigenvalue weighted by Crippen LogP contribution is -2.16. The van der Waals surface area contributed by atoms with Crippen LogP contribution in [0.3, 0.4) is 0 Å². The second kappa shape index (κ2) is 8.53. The van der Waals surface area contributed by atoms with Crippen molar-refractivity contribution in [2.75, 3.05) is 18.5 Å². The molecular weight excluding hydrogens is 346 g/mol. The summed E-state index contributed by atoms with van der Waals surface area (Å²) >= 11 is 0. The van der Waals surface area contributed by atoms with Crippen molar-refractivity contribution in [3.05, 3.63) is 77.5 Å². The number of fused-ring (bicyclic) bond motifs is 3. The van der Waals surface area contributed by atoms with Gasteiger partial charge in [0.25, 0.3) is 0 Å². The van der Waals surface area contributed by atoms with Gasteiger partial charge in [-0.3, -0.25) is 0 Å². The number of rotatable bonds is 7. The van der Waals surface area contributed by atoms with Gasteiger partial charge in [-0.15, -0.1) is 0 Å². The molecule has 0 amide bonds. The number of nitrogens with one attached hydrogen (secondary N) is 1. The molecule has 1 aliphatic rings. The third kappa shape index (κ3) is 4.07. The van der Waals surface area contributed by atoms with Crippen molar-refractivity contribution in [1.82, 2.24) is 9.97 Å². The van der Waals surface area contributed by atoms with Crippen LogP contribution in [0.1, 0.15) is 42.9 Å². The number of hydrogen-bond donors (Lipinski definition) is 1. The molecule has 4 heteroatoms. The molecule has 1 N–H and O–H groups in total. The van der Waals surface area contributed by atoms with Crippen LogP contribution in [0.4, 0.5) is 5.95 Å². The van der Waals surface area contributed by atoms with E-state index in [0.29, 0.717) is 11.9 Å². The molecule has 0 aliphatic heterocycles. The summed E-state index contributed by atoms with van der Waals surface area (Å²) in [5, 5.41) is 3.34. The summed E-state index contributed by atoms with van der Waals surface area (Å²) in [6.07, 6.45) is 4.12. The molecule has 0 saturated carbocycles. The fourth-order valence-electron chi connectivity index (χ4n) is 3.80. The first kappa shape index (κ1) is 18.6. The molecule has 0 bridgehead atoms. The Morgan fingerprint density at radius 2 is 1.86 bits per heavy atom. The average molecular weight is 374 g/mol. The van der Waals surface area contributed by atoms with Crippen LogP contribution in [0.2, 0.25) is 0 Å². The summed E-state index contributed by atoms with van der Waals surface area (Å²) < 4.78 is 5.59. The normalized spacial score (nSPS) is 15.2. The SMILES string of the molecule is CC(C)OCCCNc1ncc2c(n1)-c1ccccc1C(c1ccccc1)C2. The fraction of sp³-hybridized carbons (Fsp3) is 0.333. The third-order valence-electron chi connectivity index (χ3n) is 5.14. The highest BCUT2D eigenvalue weighted by Gasteiger charge is 2.27. The van der Waals surface area contributed by atoms with Crippen LogP contribution < -0.4 is 5.32 Å². The number of anilines is 1. The molecular formula is C24H27N3O. The topological polar surface area (TPSA) is 47.0 Å². The van der Waals surface area contributed by atoms with Gasteiger partial charge in [-0.25, -0.2) is 9.97 Å². The third-order valence-corrected chi connectivity index (χ3v) is 5.14. The molecule has 4 rings (SSSR count). The summed E-state index contributed by atoms with van der Waals surface area (Å²) in [6, 6.07) is 19.3. The van der Waals surface area contributed by atoms with Crippen molar-refractivity contribution in [3.8, 4) is 11.3 Å². The van der Waals surface area contributed by atoms with Crippen LogP contribution in [-0.2, 0) is 11.2 Å². The highest BCUT2D eigenvalue weighted by Crippen LogP contribution is 2.41. The lowest BCUT2D eigenvalue weighted by Gasteiger charge is -2.27. The van der Waals surface area contributed by atoms with Gasteiger partial charge in [0, 0.05) is 30.8 Å². The minimum Gasteiger partial charge on any atom is -0.379 e. The van der Waals surface area contributed by atoms with E-state index in [1.807, 2.05) is 6.20 Å². The molecule has 0 spiro atoms. The first-order valence-electron chi connectivity index (χ1n) is 10.1. The molecule has 1 heterocycles. The molecule has 28 heavy (non-hydrogen) atoms. The van der Waals surface area contributed by atoms with E-state index in [4.69, 9.17) is 9.72 Å². The summed E-state index contributed by atoms with van der Waals surface area (Å²) in [5.41, 5.74) is 6.16. The smallest absolute Gasteiger partial charge is 0.223 e. The minimum absolute atomic E-state index is 0.272. The van der Waals surface area contributed by atoms with E-state index < -0.39 is 0 Å². The lowest BCUT2D eigenvalue weighted by atomic mass is 9.78. The molecule has 2 aromatic carbocycles. The van der Waals surface area contributed by atoms with E-state index in [1.54, 1.807) is 0 Å². The number of benzene rings is 2. The number of ether oxygens (including phenoxy) is 1. The highest BCUT2D eigenvalue weighted by atomic mass is 16.5. The van der Waals surface area contributed by atoms with Gasteiger partial charge in [-0.1, -0.05) is 54.6 Å². The molecule has 1 unspecified atom stereocenters. The van der Waals surface area contributed by atoms with E-state index >= 15 is 0 Å². The van der Waals surface area contributed by atoms with Gasteiger partial charge in [0.05, 0.1) is 11.8 Å². The Balaban J connectivity index is 1.55. The monoisotopic (exact) mass is 373 g/mol. The number of nitrogens with zero attached hydrogens (tertiary/aromatic N) is 2. The van der Waals surface area contributed by atoms with Gasteiger partial charge in [-0.05, 0) is 43.4 Å². The molecule has 0 fully saturated rings. The predicted octanol–water partition coefficient (Wildman–Crippen LogP) is 5.06.